The van der Waals surface area contributed by atoms with Crippen molar-refractivity contribution in [3.63, 3.8) is 0 Å². The smallest absolute Gasteiger partial charge is 0.341 e. The van der Waals surface area contributed by atoms with E-state index >= 15 is 0 Å². The van der Waals surface area contributed by atoms with Gasteiger partial charge < -0.3 is 34.1 Å². The first kappa shape index (κ1) is 33.8. The average Bonchev–Trinajstić information content (AvgIpc) is 3.06. The molecule has 0 radical (unpaired) electrons. The lowest BCUT2D eigenvalue weighted by Gasteiger charge is -2.39. The van der Waals surface area contributed by atoms with Gasteiger partial charge in [0.05, 0.1) is 14.2 Å². The molecule has 1 amide bonds. The molecule has 0 aromatic heterocycles. The zero-order valence-electron chi connectivity index (χ0n) is 26.2. The molecule has 1 saturated carbocycles. The van der Waals surface area contributed by atoms with Gasteiger partial charge in [0.1, 0.15) is 23.5 Å². The molecule has 2 aromatic carbocycles. The fourth-order valence-electron chi connectivity index (χ4n) is 6.20. The minimum absolute atomic E-state index is 0.212. The number of ketones is 1. The van der Waals surface area contributed by atoms with E-state index in [2.05, 4.69) is 0 Å². The van der Waals surface area contributed by atoms with E-state index in [9.17, 15) is 24.3 Å². The predicted molar refractivity (Wildman–Crippen MR) is 163 cm³/mol. The number of carbonyl (C=O) groups is 4. The number of nitrogens with zero attached hydrogens (tertiary/aromatic N) is 1. The van der Waals surface area contributed by atoms with Gasteiger partial charge in [-0.25, -0.2) is 9.59 Å². The lowest BCUT2D eigenvalue weighted by Crippen LogP contribution is -2.58. The first-order valence-electron chi connectivity index (χ1n) is 15.5. The molecule has 244 valence electrons. The normalized spacial score (nSPS) is 22.2. The van der Waals surface area contributed by atoms with Crippen molar-refractivity contribution in [2.24, 2.45) is 5.92 Å². The molecule has 11 nitrogen and oxygen atoms in total. The van der Waals surface area contributed by atoms with E-state index in [1.807, 2.05) is 12.1 Å². The lowest BCUT2D eigenvalue weighted by molar-refractivity contribution is -0.169. The van der Waals surface area contributed by atoms with Crippen LogP contribution in [0.3, 0.4) is 0 Å². The summed E-state index contributed by atoms with van der Waals surface area (Å²) in [5.74, 6) is -2.39. The summed E-state index contributed by atoms with van der Waals surface area (Å²) in [6.45, 7) is 1.46. The van der Waals surface area contributed by atoms with Gasteiger partial charge in [0.2, 0.25) is 0 Å². The molecule has 1 aliphatic heterocycles. The van der Waals surface area contributed by atoms with Crippen LogP contribution in [0.5, 0.6) is 17.2 Å². The van der Waals surface area contributed by atoms with Crippen LogP contribution in [0.15, 0.2) is 42.5 Å². The van der Waals surface area contributed by atoms with E-state index in [0.717, 1.165) is 12.0 Å². The fraction of sp³-hybridized carbons (Fsp3) is 0.529. The highest BCUT2D eigenvalue weighted by atomic mass is 16.5. The first-order valence-corrected chi connectivity index (χ1v) is 15.5. The number of hydrogen-bond acceptors (Lipinski definition) is 9. The second-order valence-corrected chi connectivity index (χ2v) is 11.8. The summed E-state index contributed by atoms with van der Waals surface area (Å²) in [7, 11) is 3.10. The molecule has 0 spiro atoms. The van der Waals surface area contributed by atoms with E-state index in [1.165, 1.54) is 4.90 Å². The molecule has 0 unspecified atom stereocenters. The van der Waals surface area contributed by atoms with Crippen molar-refractivity contribution >= 4 is 23.6 Å². The van der Waals surface area contributed by atoms with Gasteiger partial charge >= 0.3 is 11.9 Å². The highest BCUT2D eigenvalue weighted by Crippen LogP contribution is 2.36. The van der Waals surface area contributed by atoms with Crippen molar-refractivity contribution in [3.05, 3.63) is 53.6 Å². The minimum Gasteiger partial charge on any atom is -0.493 e. The average molecular weight is 626 g/mol. The molecule has 2 fully saturated rings. The molecular formula is C34H43NO10. The third kappa shape index (κ3) is 8.13. The topological polar surface area (TPSA) is 149 Å². The number of aryl methyl sites for hydroxylation is 1. The van der Waals surface area contributed by atoms with Gasteiger partial charge in [-0.2, -0.15) is 0 Å². The number of rotatable bonds is 13. The number of likely N-dealkylation sites (tertiary alicyclic amines) is 1. The van der Waals surface area contributed by atoms with E-state index in [-0.39, 0.29) is 18.9 Å². The Labute approximate surface area is 263 Å². The predicted octanol–water partition coefficient (Wildman–Crippen LogP) is 4.28. The Morgan fingerprint density at radius 3 is 2.44 bits per heavy atom. The second kappa shape index (κ2) is 15.2. The van der Waals surface area contributed by atoms with Crippen LogP contribution in [0.2, 0.25) is 0 Å². The minimum atomic E-state index is -1.74. The number of aliphatic carboxylic acids is 1. The van der Waals surface area contributed by atoms with Crippen molar-refractivity contribution in [3.8, 4) is 17.2 Å². The third-order valence-electron chi connectivity index (χ3n) is 8.88. The molecule has 4 rings (SSSR count). The summed E-state index contributed by atoms with van der Waals surface area (Å²) in [5.41, 5.74) is -0.247. The molecule has 45 heavy (non-hydrogen) atoms. The fourth-order valence-corrected chi connectivity index (χ4v) is 6.20. The van der Waals surface area contributed by atoms with Crippen molar-refractivity contribution in [2.75, 3.05) is 27.4 Å². The van der Waals surface area contributed by atoms with Crippen LogP contribution in [0.1, 0.15) is 75.5 Å². The van der Waals surface area contributed by atoms with Crippen molar-refractivity contribution in [1.29, 1.82) is 0 Å². The summed E-state index contributed by atoms with van der Waals surface area (Å²) < 4.78 is 22.2. The van der Waals surface area contributed by atoms with Gasteiger partial charge in [-0.3, -0.25) is 9.59 Å². The quantitative estimate of drug-likeness (QED) is 0.244. The number of aliphatic hydroxyl groups is 1. The van der Waals surface area contributed by atoms with E-state index in [4.69, 9.17) is 24.1 Å². The van der Waals surface area contributed by atoms with Gasteiger partial charge in [0, 0.05) is 6.54 Å². The molecule has 1 heterocycles. The molecule has 2 aromatic rings. The summed E-state index contributed by atoms with van der Waals surface area (Å²) in [5, 5.41) is 20.2. The van der Waals surface area contributed by atoms with E-state index < -0.39 is 48.0 Å². The number of hydrogen-bond donors (Lipinski definition) is 2. The number of Topliss-reactive ketones (excluding diaryl/α,β-unsaturated/α-hetero) is 1. The zero-order valence-corrected chi connectivity index (χ0v) is 26.2. The Balaban J connectivity index is 1.56. The number of esters is 1. The van der Waals surface area contributed by atoms with E-state index in [0.29, 0.717) is 67.8 Å². The maximum atomic E-state index is 13.8. The standard InChI is InChI=1S/C34H43NO10/c1-22-9-4-6-17-34(22,41)31(38)32(39)35-18-7-5-12-26(35)33(40)45-27(24-10-8-11-25(20-24)44-21-30(36)37)15-13-23-14-16-28(42-2)29(19-23)43-3/h8,10-11,14,16,19-20,22,26-27,41H,4-7,9,12-13,15,17-18,21H2,1-3H3,(H,36,37)/t22-,26-,27+,34+/m0/s1. The maximum Gasteiger partial charge on any atom is 0.341 e. The number of carboxylic acid groups (broad SMARTS) is 1. The second-order valence-electron chi connectivity index (χ2n) is 11.8. The Bertz CT molecular complexity index is 1380. The number of carbonyl (C=O) groups excluding carboxylic acids is 3. The number of amides is 1. The third-order valence-corrected chi connectivity index (χ3v) is 8.88. The number of piperidine rings is 1. The molecule has 0 bridgehead atoms. The van der Waals surface area contributed by atoms with Crippen LogP contribution < -0.4 is 14.2 Å². The van der Waals surface area contributed by atoms with Crippen LogP contribution >= 0.6 is 0 Å². The summed E-state index contributed by atoms with van der Waals surface area (Å²) >= 11 is 0. The van der Waals surface area contributed by atoms with Crippen molar-refractivity contribution in [2.45, 2.75) is 82.5 Å². The number of ether oxygens (including phenoxy) is 4. The first-order chi connectivity index (χ1) is 21.6. The highest BCUT2D eigenvalue weighted by Gasteiger charge is 2.49. The van der Waals surface area contributed by atoms with Gasteiger partial charge in [-0.15, -0.1) is 0 Å². The number of carboxylic acids is 1. The van der Waals surface area contributed by atoms with E-state index in [1.54, 1.807) is 51.5 Å². The summed E-state index contributed by atoms with van der Waals surface area (Å²) in [4.78, 5) is 53.0. The molecule has 1 saturated heterocycles. The molecular weight excluding hydrogens is 582 g/mol. The van der Waals surface area contributed by atoms with Crippen LogP contribution in [-0.4, -0.2) is 77.8 Å². The molecule has 2 N–H and O–H groups in total. The molecule has 1 aliphatic carbocycles. The van der Waals surface area contributed by atoms with Gasteiger partial charge in [-0.1, -0.05) is 38.0 Å². The largest absolute Gasteiger partial charge is 0.493 e. The Kier molecular flexibility index (Phi) is 11.4. The summed E-state index contributed by atoms with van der Waals surface area (Å²) in [6, 6.07) is 11.2. The van der Waals surface area contributed by atoms with Crippen LogP contribution in [0.4, 0.5) is 0 Å². The van der Waals surface area contributed by atoms with Crippen molar-refractivity contribution in [1.82, 2.24) is 4.90 Å². The van der Waals surface area contributed by atoms with Crippen LogP contribution in [-0.2, 0) is 30.3 Å². The molecule has 4 atom stereocenters. The molecule has 2 aliphatic rings. The van der Waals surface area contributed by atoms with Gasteiger partial charge in [0.25, 0.3) is 11.7 Å². The lowest BCUT2D eigenvalue weighted by atomic mass is 9.73. The Hall–Kier alpha value is -4.12. The van der Waals surface area contributed by atoms with Crippen LogP contribution in [0, 0.1) is 5.92 Å². The maximum absolute atomic E-state index is 13.8. The SMILES string of the molecule is COc1ccc(CC[C@@H](OC(=O)[C@@H]2CCCCN2C(=O)C(=O)[C@@]2(O)CCCC[C@@H]2C)c2cccc(OCC(=O)O)c2)cc1OC. The number of benzene rings is 2. The van der Waals surface area contributed by atoms with Gasteiger partial charge in [0.15, 0.2) is 18.1 Å². The Morgan fingerprint density at radius 1 is 0.978 bits per heavy atom. The number of methoxy groups -OCH3 is 2. The van der Waals surface area contributed by atoms with Crippen molar-refractivity contribution < 1.29 is 48.3 Å². The highest BCUT2D eigenvalue weighted by molar-refractivity contribution is 6.39. The van der Waals surface area contributed by atoms with Gasteiger partial charge in [-0.05, 0) is 86.3 Å². The summed E-state index contributed by atoms with van der Waals surface area (Å²) in [6.07, 6.45) is 4.09. The zero-order chi connectivity index (χ0) is 32.6. The Morgan fingerprint density at radius 2 is 1.73 bits per heavy atom. The monoisotopic (exact) mass is 625 g/mol. The molecule has 11 heteroatoms. The van der Waals surface area contributed by atoms with Crippen LogP contribution in [0.25, 0.3) is 0 Å².